The fourth-order valence-corrected chi connectivity index (χ4v) is 1.32. The first kappa shape index (κ1) is 7.47. The lowest BCUT2D eigenvalue weighted by Gasteiger charge is -2.04. The Labute approximate surface area is 51.7 Å². The monoisotopic (exact) mass is 138 g/mol. The Kier molecular flexibility index (Phi) is 4.93. The summed E-state index contributed by atoms with van der Waals surface area (Å²) in [5.74, 6) is 0. The summed E-state index contributed by atoms with van der Waals surface area (Å²) >= 11 is 5.39. The van der Waals surface area contributed by atoms with Crippen molar-refractivity contribution >= 4 is 20.2 Å². The smallest absolute Gasteiger partial charge is 0.258 e. The van der Waals surface area contributed by atoms with Gasteiger partial charge in [0.05, 0.1) is 0 Å². The predicted molar refractivity (Wildman–Crippen MR) is 35.2 cm³/mol. The molecule has 0 N–H and O–H groups in total. The fourth-order valence-electron chi connectivity index (χ4n) is 0.225. The number of hydrogen-bond donors (Lipinski definition) is 0. The maximum Gasteiger partial charge on any atom is 0.258 e. The molecule has 44 valence electrons. The number of halogens is 1. The van der Waals surface area contributed by atoms with Gasteiger partial charge >= 0.3 is 0 Å². The first-order valence-electron chi connectivity index (χ1n) is 2.48. The lowest BCUT2D eigenvalue weighted by Crippen LogP contribution is -2.05. The van der Waals surface area contributed by atoms with Crippen LogP contribution in [0.4, 0.5) is 0 Å². The minimum Gasteiger partial charge on any atom is -0.405 e. The molecule has 0 aliphatic carbocycles. The van der Waals surface area contributed by atoms with Crippen LogP contribution in [0.25, 0.3) is 0 Å². The molecule has 0 saturated heterocycles. The van der Waals surface area contributed by atoms with Crippen molar-refractivity contribution < 1.29 is 4.43 Å². The van der Waals surface area contributed by atoms with Crippen LogP contribution in [-0.2, 0) is 4.43 Å². The summed E-state index contributed by atoms with van der Waals surface area (Å²) in [4.78, 5) is 0. The van der Waals surface area contributed by atoms with Crippen LogP contribution in [-0.4, -0.2) is 15.2 Å². The molecule has 0 saturated carbocycles. The molecular formula is C4H11ClOSi. The van der Waals surface area contributed by atoms with Crippen molar-refractivity contribution in [2.24, 2.45) is 0 Å². The topological polar surface area (TPSA) is 9.23 Å². The minimum atomic E-state index is -0.672. The highest BCUT2D eigenvalue weighted by Gasteiger charge is 1.92. The SMILES string of the molecule is CCC(C)O[SiH2]Cl. The molecule has 0 rings (SSSR count). The molecule has 7 heavy (non-hydrogen) atoms. The van der Waals surface area contributed by atoms with Crippen LogP contribution >= 0.6 is 11.1 Å². The van der Waals surface area contributed by atoms with E-state index >= 15 is 0 Å². The van der Waals surface area contributed by atoms with Gasteiger partial charge in [-0.3, -0.25) is 0 Å². The van der Waals surface area contributed by atoms with E-state index in [2.05, 4.69) is 6.92 Å². The van der Waals surface area contributed by atoms with Crippen molar-refractivity contribution in [3.63, 3.8) is 0 Å². The third kappa shape index (κ3) is 4.32. The van der Waals surface area contributed by atoms with E-state index in [0.29, 0.717) is 6.10 Å². The third-order valence-electron chi connectivity index (χ3n) is 0.922. The zero-order chi connectivity index (χ0) is 5.70. The van der Waals surface area contributed by atoms with Crippen LogP contribution in [0.1, 0.15) is 20.3 Å². The molecule has 0 fully saturated rings. The Morgan fingerprint density at radius 1 is 1.86 bits per heavy atom. The first-order valence-corrected chi connectivity index (χ1v) is 5.20. The van der Waals surface area contributed by atoms with Crippen molar-refractivity contribution in [2.75, 3.05) is 0 Å². The van der Waals surface area contributed by atoms with Gasteiger partial charge in [0.1, 0.15) is 0 Å². The Balaban J connectivity index is 2.83. The van der Waals surface area contributed by atoms with Crippen LogP contribution < -0.4 is 0 Å². The summed E-state index contributed by atoms with van der Waals surface area (Å²) in [6.07, 6.45) is 1.45. The third-order valence-corrected chi connectivity index (χ3v) is 2.00. The largest absolute Gasteiger partial charge is 0.405 e. The maximum atomic E-state index is 5.39. The summed E-state index contributed by atoms with van der Waals surface area (Å²) in [5, 5.41) is 0. The van der Waals surface area contributed by atoms with Gasteiger partial charge in [0.15, 0.2) is 0 Å². The quantitative estimate of drug-likeness (QED) is 0.419. The van der Waals surface area contributed by atoms with Gasteiger partial charge in [0.2, 0.25) is 0 Å². The summed E-state index contributed by atoms with van der Waals surface area (Å²) in [7, 11) is -0.672. The second kappa shape index (κ2) is 4.62. The molecule has 3 heteroatoms. The van der Waals surface area contributed by atoms with Crippen LogP contribution in [0.15, 0.2) is 0 Å². The van der Waals surface area contributed by atoms with Gasteiger partial charge in [-0.2, -0.15) is 0 Å². The zero-order valence-electron chi connectivity index (χ0n) is 4.78. The fraction of sp³-hybridized carbons (Fsp3) is 1.00. The molecule has 0 radical (unpaired) electrons. The van der Waals surface area contributed by atoms with Crippen LogP contribution in [0.5, 0.6) is 0 Å². The molecular weight excluding hydrogens is 128 g/mol. The van der Waals surface area contributed by atoms with E-state index in [4.69, 9.17) is 15.5 Å². The normalized spacial score (nSPS) is 15.9. The van der Waals surface area contributed by atoms with E-state index in [9.17, 15) is 0 Å². The summed E-state index contributed by atoms with van der Waals surface area (Å²) in [6, 6.07) is 0. The van der Waals surface area contributed by atoms with Crippen molar-refractivity contribution in [2.45, 2.75) is 26.4 Å². The van der Waals surface area contributed by atoms with E-state index in [1.165, 1.54) is 0 Å². The van der Waals surface area contributed by atoms with Crippen molar-refractivity contribution in [1.29, 1.82) is 0 Å². The Hall–Kier alpha value is 0.467. The van der Waals surface area contributed by atoms with Crippen molar-refractivity contribution in [3.8, 4) is 0 Å². The van der Waals surface area contributed by atoms with Gasteiger partial charge in [-0.1, -0.05) is 6.92 Å². The predicted octanol–water partition coefficient (Wildman–Crippen LogP) is 1.04. The summed E-state index contributed by atoms with van der Waals surface area (Å²) in [6.45, 7) is 4.13. The highest BCUT2D eigenvalue weighted by molar-refractivity contribution is 6.89. The second-order valence-electron chi connectivity index (χ2n) is 1.49. The molecule has 0 aliphatic rings. The van der Waals surface area contributed by atoms with Crippen LogP contribution in [0, 0.1) is 0 Å². The number of rotatable bonds is 3. The highest BCUT2D eigenvalue weighted by atomic mass is 35.6. The average molecular weight is 139 g/mol. The number of hydrogen-bond acceptors (Lipinski definition) is 1. The Morgan fingerprint density at radius 2 is 2.43 bits per heavy atom. The molecule has 1 unspecified atom stereocenters. The zero-order valence-corrected chi connectivity index (χ0v) is 6.95. The molecule has 0 amide bonds. The molecule has 0 bridgehead atoms. The maximum absolute atomic E-state index is 5.39. The van der Waals surface area contributed by atoms with E-state index in [1.807, 2.05) is 6.92 Å². The first-order chi connectivity index (χ1) is 3.31. The van der Waals surface area contributed by atoms with Gasteiger partial charge in [-0.25, -0.2) is 0 Å². The lowest BCUT2D eigenvalue weighted by molar-refractivity contribution is 0.236. The molecule has 1 nitrogen and oxygen atoms in total. The van der Waals surface area contributed by atoms with Gasteiger partial charge in [0, 0.05) is 6.10 Å². The summed E-state index contributed by atoms with van der Waals surface area (Å²) < 4.78 is 5.10. The molecule has 0 aliphatic heterocycles. The van der Waals surface area contributed by atoms with Crippen LogP contribution in [0.3, 0.4) is 0 Å². The second-order valence-corrected chi connectivity index (χ2v) is 2.70. The van der Waals surface area contributed by atoms with Crippen molar-refractivity contribution in [1.82, 2.24) is 0 Å². The van der Waals surface area contributed by atoms with E-state index in [-0.39, 0.29) is 0 Å². The van der Waals surface area contributed by atoms with E-state index in [0.717, 1.165) is 6.42 Å². The highest BCUT2D eigenvalue weighted by Crippen LogP contribution is 1.93. The molecule has 0 aromatic rings. The van der Waals surface area contributed by atoms with Gasteiger partial charge in [-0.15, -0.1) is 11.1 Å². The standard InChI is InChI=1S/C4H11ClOSi/c1-3-4(2)6-7-5/h4H,3,7H2,1-2H3. The van der Waals surface area contributed by atoms with Gasteiger partial charge in [0.25, 0.3) is 9.07 Å². The molecule has 0 aromatic carbocycles. The minimum absolute atomic E-state index is 0.379. The van der Waals surface area contributed by atoms with Crippen molar-refractivity contribution in [3.05, 3.63) is 0 Å². The molecule has 0 spiro atoms. The molecule has 0 aromatic heterocycles. The van der Waals surface area contributed by atoms with Gasteiger partial charge in [-0.05, 0) is 13.3 Å². The van der Waals surface area contributed by atoms with E-state index in [1.54, 1.807) is 0 Å². The lowest BCUT2D eigenvalue weighted by atomic mass is 10.3. The Morgan fingerprint density at radius 3 is 2.57 bits per heavy atom. The van der Waals surface area contributed by atoms with E-state index < -0.39 is 9.07 Å². The summed E-state index contributed by atoms with van der Waals surface area (Å²) in [5.41, 5.74) is 0. The molecule has 1 atom stereocenters. The van der Waals surface area contributed by atoms with Crippen LogP contribution in [0.2, 0.25) is 0 Å². The Bertz CT molecular complexity index is 42.7. The average Bonchev–Trinajstić information content (AvgIpc) is 1.68. The van der Waals surface area contributed by atoms with Gasteiger partial charge < -0.3 is 4.43 Å². The molecule has 0 heterocycles.